The van der Waals surface area contributed by atoms with Crippen molar-refractivity contribution >= 4 is 5.69 Å². The number of nitrogens with zero attached hydrogens (tertiary/aromatic N) is 1. The molecule has 0 unspecified atom stereocenters. The zero-order valence-electron chi connectivity index (χ0n) is 11.6. The summed E-state index contributed by atoms with van der Waals surface area (Å²) in [6, 6.07) is 9.12. The van der Waals surface area contributed by atoms with Crippen LogP contribution in [0.4, 0.5) is 5.69 Å². The maximum Gasteiger partial charge on any atom is 0.0366 e. The van der Waals surface area contributed by atoms with Crippen molar-refractivity contribution in [1.82, 2.24) is 0 Å². The lowest BCUT2D eigenvalue weighted by Crippen LogP contribution is -2.29. The van der Waals surface area contributed by atoms with Gasteiger partial charge in [-0.25, -0.2) is 0 Å². The molecule has 0 aromatic heterocycles. The first-order chi connectivity index (χ1) is 8.81. The van der Waals surface area contributed by atoms with Crippen molar-refractivity contribution in [1.29, 1.82) is 0 Å². The number of rotatable bonds is 5. The second-order valence-electron chi connectivity index (χ2n) is 5.39. The molecule has 2 rings (SSSR count). The lowest BCUT2D eigenvalue weighted by Gasteiger charge is -2.29. The van der Waals surface area contributed by atoms with Crippen LogP contribution in [0.3, 0.4) is 0 Å². The molecule has 1 aliphatic rings. The van der Waals surface area contributed by atoms with Gasteiger partial charge in [0.25, 0.3) is 0 Å². The van der Waals surface area contributed by atoms with Gasteiger partial charge in [0.2, 0.25) is 0 Å². The second-order valence-corrected chi connectivity index (χ2v) is 5.39. The lowest BCUT2D eigenvalue weighted by molar-refractivity contribution is 0.577. The van der Waals surface area contributed by atoms with Gasteiger partial charge < -0.3 is 10.6 Å². The quantitative estimate of drug-likeness (QED) is 0.854. The minimum Gasteiger partial charge on any atom is -0.372 e. The Morgan fingerprint density at radius 3 is 2.39 bits per heavy atom. The maximum absolute atomic E-state index is 6.20. The van der Waals surface area contributed by atoms with E-state index in [2.05, 4.69) is 36.1 Å². The third-order valence-electron chi connectivity index (χ3n) is 3.91. The van der Waals surface area contributed by atoms with Crippen molar-refractivity contribution in [2.24, 2.45) is 5.73 Å². The molecule has 18 heavy (non-hydrogen) atoms. The van der Waals surface area contributed by atoms with E-state index in [9.17, 15) is 0 Å². The number of hydrogen-bond donors (Lipinski definition) is 1. The first-order valence-electron chi connectivity index (χ1n) is 7.41. The van der Waals surface area contributed by atoms with Gasteiger partial charge in [0.15, 0.2) is 0 Å². The number of hydrogen-bond acceptors (Lipinski definition) is 2. The van der Waals surface area contributed by atoms with E-state index in [1.807, 2.05) is 0 Å². The van der Waals surface area contributed by atoms with E-state index >= 15 is 0 Å². The van der Waals surface area contributed by atoms with Gasteiger partial charge in [-0.3, -0.25) is 0 Å². The van der Waals surface area contributed by atoms with Crippen LogP contribution in [0.5, 0.6) is 0 Å². The third kappa shape index (κ3) is 3.49. The molecular formula is C16H26N2. The van der Waals surface area contributed by atoms with E-state index in [1.54, 1.807) is 0 Å². The van der Waals surface area contributed by atoms with Crippen LogP contribution in [0.15, 0.2) is 24.3 Å². The topological polar surface area (TPSA) is 29.3 Å². The fraction of sp³-hybridized carbons (Fsp3) is 0.625. The molecule has 100 valence electrons. The van der Waals surface area contributed by atoms with Crippen molar-refractivity contribution in [3.05, 3.63) is 29.8 Å². The van der Waals surface area contributed by atoms with E-state index in [0.29, 0.717) is 0 Å². The fourth-order valence-electron chi connectivity index (χ4n) is 2.68. The zero-order valence-corrected chi connectivity index (χ0v) is 11.6. The highest BCUT2D eigenvalue weighted by molar-refractivity contribution is 5.48. The molecule has 1 saturated heterocycles. The Balaban J connectivity index is 1.95. The largest absolute Gasteiger partial charge is 0.372 e. The molecule has 1 fully saturated rings. The Morgan fingerprint density at radius 1 is 1.11 bits per heavy atom. The molecule has 0 spiro atoms. The standard InChI is InChI=1S/C16H26N2/c1-2-3-7-16(17)14-8-10-15(11-9-14)18-12-5-4-6-13-18/h8-11,16H,2-7,12-13,17H2,1H3/t16-/m0/s1. The molecule has 2 heteroatoms. The highest BCUT2D eigenvalue weighted by Crippen LogP contribution is 2.23. The molecule has 0 aliphatic carbocycles. The van der Waals surface area contributed by atoms with Crippen molar-refractivity contribution in [3.8, 4) is 0 Å². The monoisotopic (exact) mass is 246 g/mol. The Labute approximate surface area is 111 Å². The van der Waals surface area contributed by atoms with Gasteiger partial charge in [-0.1, -0.05) is 31.9 Å². The molecule has 1 atom stereocenters. The van der Waals surface area contributed by atoms with Gasteiger partial charge in [0, 0.05) is 24.8 Å². The molecule has 1 aromatic rings. The minimum absolute atomic E-state index is 0.209. The van der Waals surface area contributed by atoms with Gasteiger partial charge in [-0.2, -0.15) is 0 Å². The minimum atomic E-state index is 0.209. The smallest absolute Gasteiger partial charge is 0.0366 e. The van der Waals surface area contributed by atoms with E-state index < -0.39 is 0 Å². The first kappa shape index (κ1) is 13.4. The van der Waals surface area contributed by atoms with Gasteiger partial charge in [-0.15, -0.1) is 0 Å². The molecule has 2 N–H and O–H groups in total. The summed E-state index contributed by atoms with van der Waals surface area (Å²) in [5.41, 5.74) is 8.84. The molecule has 0 amide bonds. The van der Waals surface area contributed by atoms with Crippen LogP contribution in [0.1, 0.15) is 57.1 Å². The van der Waals surface area contributed by atoms with Gasteiger partial charge in [0.05, 0.1) is 0 Å². The summed E-state index contributed by atoms with van der Waals surface area (Å²) in [5.74, 6) is 0. The lowest BCUT2D eigenvalue weighted by atomic mass is 10.0. The summed E-state index contributed by atoms with van der Waals surface area (Å²) < 4.78 is 0. The van der Waals surface area contributed by atoms with E-state index in [1.165, 1.54) is 56.4 Å². The molecule has 1 heterocycles. The molecule has 1 aliphatic heterocycles. The van der Waals surface area contributed by atoms with E-state index in [-0.39, 0.29) is 6.04 Å². The van der Waals surface area contributed by atoms with Crippen molar-refractivity contribution in [3.63, 3.8) is 0 Å². The van der Waals surface area contributed by atoms with Crippen LogP contribution < -0.4 is 10.6 Å². The van der Waals surface area contributed by atoms with Crippen molar-refractivity contribution < 1.29 is 0 Å². The molecule has 2 nitrogen and oxygen atoms in total. The normalized spacial score (nSPS) is 17.8. The van der Waals surface area contributed by atoms with E-state index in [4.69, 9.17) is 5.73 Å². The summed E-state index contributed by atoms with van der Waals surface area (Å²) in [4.78, 5) is 2.49. The predicted molar refractivity (Wildman–Crippen MR) is 79.0 cm³/mol. The van der Waals surface area contributed by atoms with Crippen molar-refractivity contribution in [2.45, 2.75) is 51.5 Å². The Hall–Kier alpha value is -1.02. The Kier molecular flexibility index (Phi) is 5.06. The number of benzene rings is 1. The average molecular weight is 246 g/mol. The van der Waals surface area contributed by atoms with Crippen molar-refractivity contribution in [2.75, 3.05) is 18.0 Å². The van der Waals surface area contributed by atoms with Crippen LogP contribution in [-0.4, -0.2) is 13.1 Å². The summed E-state index contributed by atoms with van der Waals surface area (Å²) in [7, 11) is 0. The van der Waals surface area contributed by atoms with Crippen LogP contribution in [-0.2, 0) is 0 Å². The van der Waals surface area contributed by atoms with Crippen LogP contribution in [0.25, 0.3) is 0 Å². The molecule has 0 bridgehead atoms. The van der Waals surface area contributed by atoms with E-state index in [0.717, 1.165) is 6.42 Å². The molecular weight excluding hydrogens is 220 g/mol. The number of anilines is 1. The molecule has 0 saturated carbocycles. The third-order valence-corrected chi connectivity index (χ3v) is 3.91. The van der Waals surface area contributed by atoms with Crippen LogP contribution in [0, 0.1) is 0 Å². The molecule has 1 aromatic carbocycles. The predicted octanol–water partition coefficient (Wildman–Crippen LogP) is 3.87. The summed E-state index contributed by atoms with van der Waals surface area (Å²) in [5, 5.41) is 0. The Bertz CT molecular complexity index is 339. The SMILES string of the molecule is CCCC[C@H](N)c1ccc(N2CCCCC2)cc1. The number of nitrogens with two attached hydrogens (primary N) is 1. The highest BCUT2D eigenvalue weighted by Gasteiger charge is 2.11. The molecule has 0 radical (unpaired) electrons. The fourth-order valence-corrected chi connectivity index (χ4v) is 2.68. The van der Waals surface area contributed by atoms with Crippen LogP contribution >= 0.6 is 0 Å². The first-order valence-corrected chi connectivity index (χ1v) is 7.41. The Morgan fingerprint density at radius 2 is 1.78 bits per heavy atom. The highest BCUT2D eigenvalue weighted by atomic mass is 15.1. The average Bonchev–Trinajstić information content (AvgIpc) is 2.46. The second kappa shape index (κ2) is 6.79. The van der Waals surface area contributed by atoms with Crippen LogP contribution in [0.2, 0.25) is 0 Å². The number of piperidine rings is 1. The summed E-state index contributed by atoms with van der Waals surface area (Å²) in [6.45, 7) is 4.63. The van der Waals surface area contributed by atoms with Gasteiger partial charge in [0.1, 0.15) is 0 Å². The van der Waals surface area contributed by atoms with Gasteiger partial charge in [-0.05, 0) is 43.4 Å². The maximum atomic E-state index is 6.20. The summed E-state index contributed by atoms with van der Waals surface area (Å²) >= 11 is 0. The number of unbranched alkanes of at least 4 members (excludes halogenated alkanes) is 1. The zero-order chi connectivity index (χ0) is 12.8. The van der Waals surface area contributed by atoms with Gasteiger partial charge >= 0.3 is 0 Å². The summed E-state index contributed by atoms with van der Waals surface area (Å²) in [6.07, 6.45) is 7.58.